The van der Waals surface area contributed by atoms with Gasteiger partial charge < -0.3 is 15.6 Å². The third kappa shape index (κ3) is 5.04. The highest BCUT2D eigenvalue weighted by atomic mass is 127. The van der Waals surface area contributed by atoms with Gasteiger partial charge in [0.25, 0.3) is 5.91 Å². The molecule has 0 saturated heterocycles. The number of anilines is 1. The Morgan fingerprint density at radius 2 is 1.65 bits per heavy atom. The quantitative estimate of drug-likeness (QED) is 0.212. The lowest BCUT2D eigenvalue weighted by atomic mass is 10.0. The van der Waals surface area contributed by atoms with Crippen molar-refractivity contribution in [2.75, 3.05) is 11.9 Å². The lowest BCUT2D eigenvalue weighted by molar-refractivity contribution is 0.0941. The van der Waals surface area contributed by atoms with Crippen LogP contribution in [0.25, 0.3) is 22.0 Å². The van der Waals surface area contributed by atoms with E-state index in [2.05, 4.69) is 38.2 Å². The first kappa shape index (κ1) is 23.7. The molecular weight excluding hydrogens is 541 g/mol. The van der Waals surface area contributed by atoms with Crippen LogP contribution < -0.4 is 16.1 Å². The number of benzene rings is 3. The number of ketones is 1. The molecular formula is C27H24IN3O3. The Balaban J connectivity index is 1.42. The molecule has 0 unspecified atom stereocenters. The van der Waals surface area contributed by atoms with E-state index in [4.69, 9.17) is 0 Å². The molecule has 0 spiro atoms. The average molecular weight is 565 g/mol. The van der Waals surface area contributed by atoms with Crippen LogP contribution in [0.2, 0.25) is 0 Å². The first-order valence-electron chi connectivity index (χ1n) is 10.9. The Labute approximate surface area is 210 Å². The van der Waals surface area contributed by atoms with Crippen LogP contribution in [0, 0.1) is 3.57 Å². The van der Waals surface area contributed by atoms with Gasteiger partial charge in [-0.3, -0.25) is 14.4 Å². The van der Waals surface area contributed by atoms with Crippen LogP contribution in [0.1, 0.15) is 34.6 Å². The minimum atomic E-state index is -0.283. The minimum absolute atomic E-state index is 0.140. The number of hydrogen-bond acceptors (Lipinski definition) is 4. The van der Waals surface area contributed by atoms with Gasteiger partial charge in [0.15, 0.2) is 5.78 Å². The van der Waals surface area contributed by atoms with Gasteiger partial charge >= 0.3 is 0 Å². The summed E-state index contributed by atoms with van der Waals surface area (Å²) >= 11 is 2.11. The lowest BCUT2D eigenvalue weighted by Crippen LogP contribution is -2.37. The normalized spacial score (nSPS) is 11.7. The summed E-state index contributed by atoms with van der Waals surface area (Å²) in [6.45, 7) is 3.77. The van der Waals surface area contributed by atoms with Crippen LogP contribution >= 0.6 is 22.6 Å². The largest absolute Gasteiger partial charge is 0.382 e. The Bertz CT molecular complexity index is 1410. The molecule has 34 heavy (non-hydrogen) atoms. The number of carbonyl (C=O) groups excluding carboxylic acids is 2. The van der Waals surface area contributed by atoms with Crippen LogP contribution in [0.4, 0.5) is 5.69 Å². The van der Waals surface area contributed by atoms with Crippen LogP contribution in [0.5, 0.6) is 0 Å². The number of carbonyl (C=O) groups is 2. The number of amides is 1. The Hall–Kier alpha value is -3.46. The van der Waals surface area contributed by atoms with Gasteiger partial charge in [-0.05, 0) is 71.8 Å². The van der Waals surface area contributed by atoms with Crippen molar-refractivity contribution < 1.29 is 9.59 Å². The van der Waals surface area contributed by atoms with E-state index in [1.807, 2.05) is 73.7 Å². The molecule has 1 amide bonds. The summed E-state index contributed by atoms with van der Waals surface area (Å²) in [4.78, 5) is 40.2. The van der Waals surface area contributed by atoms with Crippen molar-refractivity contribution >= 4 is 50.9 Å². The fourth-order valence-corrected chi connectivity index (χ4v) is 4.64. The van der Waals surface area contributed by atoms with Crippen molar-refractivity contribution in [1.82, 2.24) is 10.3 Å². The summed E-state index contributed by atoms with van der Waals surface area (Å²) in [5.41, 5.74) is 4.05. The molecule has 1 heterocycles. The highest BCUT2D eigenvalue weighted by Crippen LogP contribution is 2.25. The zero-order valence-corrected chi connectivity index (χ0v) is 21.0. The maximum Gasteiger partial charge on any atom is 0.251 e. The molecule has 1 atom stereocenters. The number of H-pyrrole nitrogens is 1. The molecule has 7 heteroatoms. The predicted octanol–water partition coefficient (Wildman–Crippen LogP) is 5.23. The number of nitrogens with one attached hydrogen (secondary N) is 3. The molecule has 0 radical (unpaired) electrons. The van der Waals surface area contributed by atoms with Gasteiger partial charge in [0.05, 0.1) is 16.5 Å². The fourth-order valence-electron chi connectivity index (χ4n) is 3.73. The summed E-state index contributed by atoms with van der Waals surface area (Å²) in [5, 5.41) is 6.79. The second-order valence-corrected chi connectivity index (χ2v) is 9.21. The third-order valence-electron chi connectivity index (χ3n) is 5.60. The molecule has 0 saturated carbocycles. The second-order valence-electron chi connectivity index (χ2n) is 8.14. The van der Waals surface area contributed by atoms with Crippen LogP contribution in [-0.4, -0.2) is 29.3 Å². The fraction of sp³-hybridized carbons (Fsp3) is 0.148. The first-order chi connectivity index (χ1) is 16.3. The summed E-state index contributed by atoms with van der Waals surface area (Å²) < 4.78 is 0.731. The Morgan fingerprint density at radius 1 is 0.971 bits per heavy atom. The predicted molar refractivity (Wildman–Crippen MR) is 145 cm³/mol. The third-order valence-corrected chi connectivity index (χ3v) is 6.72. The van der Waals surface area contributed by atoms with Gasteiger partial charge in [0.2, 0.25) is 5.43 Å². The van der Waals surface area contributed by atoms with E-state index >= 15 is 0 Å². The maximum absolute atomic E-state index is 12.8. The molecule has 4 rings (SSSR count). The van der Waals surface area contributed by atoms with Crippen molar-refractivity contribution in [2.45, 2.75) is 19.9 Å². The Morgan fingerprint density at radius 3 is 2.32 bits per heavy atom. The summed E-state index contributed by atoms with van der Waals surface area (Å²) in [6.07, 6.45) is 1.46. The van der Waals surface area contributed by atoms with Crippen molar-refractivity contribution in [3.05, 3.63) is 97.8 Å². The number of Topliss-reactive ketones (excluding diaryl/α,β-unsaturated/α-hetero) is 1. The van der Waals surface area contributed by atoms with Crippen LogP contribution in [0.15, 0.2) is 77.7 Å². The van der Waals surface area contributed by atoms with Crippen LogP contribution in [0.3, 0.4) is 0 Å². The van der Waals surface area contributed by atoms with E-state index in [-0.39, 0.29) is 28.7 Å². The summed E-state index contributed by atoms with van der Waals surface area (Å²) in [6, 6.07) is 21.1. The van der Waals surface area contributed by atoms with Crippen molar-refractivity contribution in [2.24, 2.45) is 0 Å². The second kappa shape index (κ2) is 10.2. The SMILES string of the molecule is CC(=O)c1c[nH]c2ccc(NC[C@H](C)NC(=O)c3ccc(-c4ccccc4)cc3)c(I)c2c1=O. The number of hydrogen-bond donors (Lipinski definition) is 3. The number of pyridine rings is 1. The smallest absolute Gasteiger partial charge is 0.251 e. The van der Waals surface area contributed by atoms with E-state index in [0.717, 1.165) is 20.4 Å². The molecule has 0 aliphatic rings. The van der Waals surface area contributed by atoms with Crippen molar-refractivity contribution in [1.29, 1.82) is 0 Å². The number of halogens is 1. The topological polar surface area (TPSA) is 91.1 Å². The number of aromatic nitrogens is 1. The van der Waals surface area contributed by atoms with E-state index in [1.54, 1.807) is 0 Å². The highest BCUT2D eigenvalue weighted by molar-refractivity contribution is 14.1. The molecule has 0 aliphatic heterocycles. The van der Waals surface area contributed by atoms with E-state index < -0.39 is 0 Å². The van der Waals surface area contributed by atoms with Gasteiger partial charge in [0.1, 0.15) is 0 Å². The molecule has 0 aliphatic carbocycles. The lowest BCUT2D eigenvalue weighted by Gasteiger charge is -2.17. The zero-order chi connectivity index (χ0) is 24.2. The number of aromatic amines is 1. The highest BCUT2D eigenvalue weighted by Gasteiger charge is 2.15. The first-order valence-corrected chi connectivity index (χ1v) is 12.0. The Kier molecular flexibility index (Phi) is 7.12. The van der Waals surface area contributed by atoms with Gasteiger partial charge in [-0.25, -0.2) is 0 Å². The van der Waals surface area contributed by atoms with Gasteiger partial charge in [-0.1, -0.05) is 42.5 Å². The minimum Gasteiger partial charge on any atom is -0.382 e. The zero-order valence-electron chi connectivity index (χ0n) is 18.8. The summed E-state index contributed by atoms with van der Waals surface area (Å²) in [7, 11) is 0. The molecule has 4 aromatic rings. The monoisotopic (exact) mass is 565 g/mol. The molecule has 0 bridgehead atoms. The van der Waals surface area contributed by atoms with E-state index in [0.29, 0.717) is 23.0 Å². The van der Waals surface area contributed by atoms with Gasteiger partial charge in [0, 0.05) is 33.6 Å². The molecule has 0 fully saturated rings. The molecule has 3 N–H and O–H groups in total. The van der Waals surface area contributed by atoms with Crippen LogP contribution in [-0.2, 0) is 0 Å². The summed E-state index contributed by atoms with van der Waals surface area (Å²) in [5.74, 6) is -0.421. The molecule has 172 valence electrons. The van der Waals surface area contributed by atoms with Gasteiger partial charge in [-0.2, -0.15) is 0 Å². The molecule has 6 nitrogen and oxygen atoms in total. The molecule has 1 aromatic heterocycles. The van der Waals surface area contributed by atoms with Crippen molar-refractivity contribution in [3.63, 3.8) is 0 Å². The molecule has 3 aromatic carbocycles. The standard InChI is InChI=1S/C27H24IN3O3/c1-16(31-27(34)20-10-8-19(9-11-20)18-6-4-3-5-7-18)14-29-23-13-12-22-24(25(23)28)26(33)21(15-30-22)17(2)32/h3-13,15-16,29H,14H2,1-2H3,(H,30,33)(H,31,34)/t16-/m0/s1. The van der Waals surface area contributed by atoms with Gasteiger partial charge in [-0.15, -0.1) is 0 Å². The number of fused-ring (bicyclic) bond motifs is 1. The van der Waals surface area contributed by atoms with E-state index in [9.17, 15) is 14.4 Å². The maximum atomic E-state index is 12.8. The van der Waals surface area contributed by atoms with E-state index in [1.165, 1.54) is 13.1 Å². The van der Waals surface area contributed by atoms with Crippen molar-refractivity contribution in [3.8, 4) is 11.1 Å². The average Bonchev–Trinajstić information content (AvgIpc) is 2.84. The number of rotatable bonds is 7.